The molecule has 19 heavy (non-hydrogen) atoms. The lowest BCUT2D eigenvalue weighted by atomic mass is 10.2. The zero-order valence-corrected chi connectivity index (χ0v) is 11.1. The van der Waals surface area contributed by atoms with Crippen LogP contribution in [-0.4, -0.2) is 34.1 Å². The molecule has 1 aliphatic rings. The van der Waals surface area contributed by atoms with Gasteiger partial charge in [-0.2, -0.15) is 0 Å². The molecular formula is C15H20N4. The van der Waals surface area contributed by atoms with Gasteiger partial charge in [-0.25, -0.2) is 4.98 Å². The summed E-state index contributed by atoms with van der Waals surface area (Å²) in [4.78, 5) is 6.98. The van der Waals surface area contributed by atoms with Gasteiger partial charge in [-0.3, -0.25) is 0 Å². The van der Waals surface area contributed by atoms with Gasteiger partial charge in [-0.1, -0.05) is 12.1 Å². The second-order valence-electron chi connectivity index (χ2n) is 5.12. The molecule has 0 bridgehead atoms. The minimum atomic E-state index is 0.784. The number of likely N-dealkylation sites (tertiary alicyclic amines) is 1. The third-order valence-corrected chi connectivity index (χ3v) is 3.72. The van der Waals surface area contributed by atoms with Crippen LogP contribution in [0.1, 0.15) is 12.8 Å². The number of nitrogens with zero attached hydrogens (tertiary/aromatic N) is 3. The van der Waals surface area contributed by atoms with Gasteiger partial charge in [0, 0.05) is 36.7 Å². The number of imidazole rings is 1. The predicted molar refractivity (Wildman–Crippen MR) is 77.7 cm³/mol. The summed E-state index contributed by atoms with van der Waals surface area (Å²) in [5, 5.41) is 0. The fraction of sp³-hybridized carbons (Fsp3) is 0.400. The van der Waals surface area contributed by atoms with Crippen molar-refractivity contribution >= 4 is 5.69 Å². The minimum absolute atomic E-state index is 0.784. The van der Waals surface area contributed by atoms with Gasteiger partial charge in [0.1, 0.15) is 5.82 Å². The Kier molecular flexibility index (Phi) is 3.51. The number of nitrogens with two attached hydrogens (primary N) is 1. The molecule has 2 aromatic rings. The van der Waals surface area contributed by atoms with Crippen molar-refractivity contribution in [2.24, 2.45) is 0 Å². The fourth-order valence-corrected chi connectivity index (χ4v) is 2.68. The Morgan fingerprint density at radius 2 is 2.00 bits per heavy atom. The summed E-state index contributed by atoms with van der Waals surface area (Å²) in [5.74, 6) is 1.01. The molecule has 1 saturated heterocycles. The van der Waals surface area contributed by atoms with Crippen molar-refractivity contribution in [1.29, 1.82) is 0 Å². The van der Waals surface area contributed by atoms with E-state index in [4.69, 9.17) is 5.73 Å². The second-order valence-corrected chi connectivity index (χ2v) is 5.12. The zero-order valence-electron chi connectivity index (χ0n) is 11.1. The van der Waals surface area contributed by atoms with Crippen LogP contribution in [0, 0.1) is 0 Å². The lowest BCUT2D eigenvalue weighted by molar-refractivity contribution is 0.323. The molecule has 4 nitrogen and oxygen atoms in total. The van der Waals surface area contributed by atoms with E-state index >= 15 is 0 Å². The van der Waals surface area contributed by atoms with Gasteiger partial charge in [0.15, 0.2) is 0 Å². The van der Waals surface area contributed by atoms with Crippen molar-refractivity contribution in [2.75, 3.05) is 25.4 Å². The van der Waals surface area contributed by atoms with Crippen molar-refractivity contribution in [3.63, 3.8) is 0 Å². The van der Waals surface area contributed by atoms with Crippen LogP contribution in [-0.2, 0) is 6.54 Å². The molecule has 0 amide bonds. The fourth-order valence-electron chi connectivity index (χ4n) is 2.68. The van der Waals surface area contributed by atoms with Gasteiger partial charge in [0.2, 0.25) is 0 Å². The summed E-state index contributed by atoms with van der Waals surface area (Å²) in [5.41, 5.74) is 7.72. The van der Waals surface area contributed by atoms with Crippen LogP contribution in [0.4, 0.5) is 5.69 Å². The van der Waals surface area contributed by atoms with Crippen LogP contribution < -0.4 is 5.73 Å². The number of aromatic nitrogens is 2. The summed E-state index contributed by atoms with van der Waals surface area (Å²) in [6.07, 6.45) is 6.59. The highest BCUT2D eigenvalue weighted by atomic mass is 15.2. The standard InChI is InChI=1S/C15H20N4/c16-14-5-3-4-13(12-14)15-17-6-9-19(15)11-10-18-7-1-2-8-18/h3-6,9,12H,1-2,7-8,10-11,16H2. The van der Waals surface area contributed by atoms with Crippen LogP contribution in [0.3, 0.4) is 0 Å². The first-order valence-corrected chi connectivity index (χ1v) is 6.92. The summed E-state index contributed by atoms with van der Waals surface area (Å²) in [6.45, 7) is 4.57. The first kappa shape index (κ1) is 12.2. The van der Waals surface area contributed by atoms with Crippen molar-refractivity contribution in [3.05, 3.63) is 36.7 Å². The number of rotatable bonds is 4. The van der Waals surface area contributed by atoms with E-state index in [9.17, 15) is 0 Å². The SMILES string of the molecule is Nc1cccc(-c2nccn2CCN2CCCC2)c1. The number of hydrogen-bond acceptors (Lipinski definition) is 3. The molecule has 0 atom stereocenters. The molecule has 0 radical (unpaired) electrons. The largest absolute Gasteiger partial charge is 0.399 e. The highest BCUT2D eigenvalue weighted by Gasteiger charge is 2.12. The minimum Gasteiger partial charge on any atom is -0.399 e. The van der Waals surface area contributed by atoms with Crippen LogP contribution in [0.15, 0.2) is 36.7 Å². The summed E-state index contributed by atoms with van der Waals surface area (Å²) in [6, 6.07) is 7.92. The van der Waals surface area contributed by atoms with Crippen molar-refractivity contribution < 1.29 is 0 Å². The highest BCUT2D eigenvalue weighted by molar-refractivity contribution is 5.61. The Bertz CT molecular complexity index is 541. The predicted octanol–water partition coefficient (Wildman–Crippen LogP) is 2.23. The summed E-state index contributed by atoms with van der Waals surface area (Å²) >= 11 is 0. The van der Waals surface area contributed by atoms with E-state index in [1.54, 1.807) is 0 Å². The topological polar surface area (TPSA) is 47.1 Å². The Morgan fingerprint density at radius 1 is 1.16 bits per heavy atom. The molecule has 1 fully saturated rings. The molecule has 1 aromatic heterocycles. The van der Waals surface area contributed by atoms with Crippen molar-refractivity contribution in [1.82, 2.24) is 14.5 Å². The molecular weight excluding hydrogens is 236 g/mol. The molecule has 0 unspecified atom stereocenters. The van der Waals surface area contributed by atoms with Gasteiger partial charge in [0.05, 0.1) is 0 Å². The van der Waals surface area contributed by atoms with Gasteiger partial charge in [0.25, 0.3) is 0 Å². The number of nitrogen functional groups attached to an aromatic ring is 1. The van der Waals surface area contributed by atoms with Gasteiger partial charge < -0.3 is 15.2 Å². The molecule has 0 saturated carbocycles. The van der Waals surface area contributed by atoms with E-state index in [0.29, 0.717) is 0 Å². The van der Waals surface area contributed by atoms with Gasteiger partial charge >= 0.3 is 0 Å². The third kappa shape index (κ3) is 2.79. The average Bonchev–Trinajstić information content (AvgIpc) is 3.08. The quantitative estimate of drug-likeness (QED) is 0.853. The van der Waals surface area contributed by atoms with Crippen LogP contribution in [0.25, 0.3) is 11.4 Å². The van der Waals surface area contributed by atoms with Crippen LogP contribution in [0.2, 0.25) is 0 Å². The smallest absolute Gasteiger partial charge is 0.139 e. The van der Waals surface area contributed by atoms with E-state index < -0.39 is 0 Å². The number of benzene rings is 1. The molecule has 0 aliphatic carbocycles. The average molecular weight is 256 g/mol. The Labute approximate surface area is 113 Å². The normalized spacial score (nSPS) is 16.0. The molecule has 2 heterocycles. The third-order valence-electron chi connectivity index (χ3n) is 3.72. The first-order valence-electron chi connectivity index (χ1n) is 6.92. The maximum Gasteiger partial charge on any atom is 0.139 e. The molecule has 4 heteroatoms. The van der Waals surface area contributed by atoms with E-state index in [1.165, 1.54) is 25.9 Å². The maximum atomic E-state index is 5.84. The van der Waals surface area contributed by atoms with Gasteiger partial charge in [-0.05, 0) is 38.1 Å². The maximum absolute atomic E-state index is 5.84. The monoisotopic (exact) mass is 256 g/mol. The molecule has 1 aromatic carbocycles. The van der Waals surface area contributed by atoms with E-state index in [-0.39, 0.29) is 0 Å². The molecule has 0 spiro atoms. The van der Waals surface area contributed by atoms with E-state index in [1.807, 2.05) is 24.4 Å². The zero-order chi connectivity index (χ0) is 13.1. The molecule has 2 N–H and O–H groups in total. The number of anilines is 1. The first-order chi connectivity index (χ1) is 9.33. The van der Waals surface area contributed by atoms with Crippen LogP contribution in [0.5, 0.6) is 0 Å². The van der Waals surface area contributed by atoms with Crippen molar-refractivity contribution in [3.8, 4) is 11.4 Å². The molecule has 3 rings (SSSR count). The Balaban J connectivity index is 1.74. The summed E-state index contributed by atoms with van der Waals surface area (Å²) < 4.78 is 2.22. The molecule has 1 aliphatic heterocycles. The summed E-state index contributed by atoms with van der Waals surface area (Å²) in [7, 11) is 0. The van der Waals surface area contributed by atoms with Crippen molar-refractivity contribution in [2.45, 2.75) is 19.4 Å². The molecule has 100 valence electrons. The number of hydrogen-bond donors (Lipinski definition) is 1. The lowest BCUT2D eigenvalue weighted by Gasteiger charge is -2.16. The van der Waals surface area contributed by atoms with Crippen LogP contribution >= 0.6 is 0 Å². The van der Waals surface area contributed by atoms with E-state index in [2.05, 4.69) is 26.7 Å². The highest BCUT2D eigenvalue weighted by Crippen LogP contribution is 2.20. The van der Waals surface area contributed by atoms with E-state index in [0.717, 1.165) is 30.2 Å². The second kappa shape index (κ2) is 5.45. The van der Waals surface area contributed by atoms with Gasteiger partial charge in [-0.15, -0.1) is 0 Å². The Hall–Kier alpha value is -1.81. The lowest BCUT2D eigenvalue weighted by Crippen LogP contribution is -2.24. The Morgan fingerprint density at radius 3 is 2.79 bits per heavy atom.